The van der Waals surface area contributed by atoms with E-state index in [0.717, 1.165) is 23.4 Å². The molecule has 11 heavy (non-hydrogen) atoms. The van der Waals surface area contributed by atoms with E-state index in [0.29, 0.717) is 0 Å². The molecular formula is C10H9Cl. The van der Waals surface area contributed by atoms with Crippen molar-refractivity contribution in [2.75, 3.05) is 0 Å². The van der Waals surface area contributed by atoms with Gasteiger partial charge in [0.25, 0.3) is 0 Å². The zero-order valence-electron chi connectivity index (χ0n) is 6.18. The fourth-order valence-corrected chi connectivity index (χ4v) is 1.14. The standard InChI is InChI=1S/C10H9Cl/c1-2-3-6-9-7-4-5-8-10(9)11/h1,4-5,7-8H,3,6H2. The summed E-state index contributed by atoms with van der Waals surface area (Å²) in [4.78, 5) is 0. The van der Waals surface area contributed by atoms with Crippen LogP contribution in [-0.4, -0.2) is 0 Å². The highest BCUT2D eigenvalue weighted by Gasteiger charge is 1.95. The second-order valence-electron chi connectivity index (χ2n) is 2.30. The van der Waals surface area contributed by atoms with Crippen molar-refractivity contribution in [2.45, 2.75) is 12.8 Å². The highest BCUT2D eigenvalue weighted by molar-refractivity contribution is 6.31. The van der Waals surface area contributed by atoms with Gasteiger partial charge in [-0.3, -0.25) is 0 Å². The molecule has 0 aliphatic heterocycles. The second kappa shape index (κ2) is 4.05. The monoisotopic (exact) mass is 164 g/mol. The van der Waals surface area contributed by atoms with Crippen molar-refractivity contribution in [2.24, 2.45) is 0 Å². The van der Waals surface area contributed by atoms with E-state index < -0.39 is 0 Å². The molecule has 1 aromatic carbocycles. The predicted molar refractivity (Wildman–Crippen MR) is 48.6 cm³/mol. The van der Waals surface area contributed by atoms with Gasteiger partial charge < -0.3 is 0 Å². The molecule has 0 bridgehead atoms. The van der Waals surface area contributed by atoms with Crippen LogP contribution in [0.1, 0.15) is 12.0 Å². The highest BCUT2D eigenvalue weighted by atomic mass is 35.5. The number of aryl methyl sites for hydroxylation is 1. The van der Waals surface area contributed by atoms with Gasteiger partial charge in [-0.15, -0.1) is 12.3 Å². The van der Waals surface area contributed by atoms with E-state index in [4.69, 9.17) is 18.0 Å². The molecule has 0 aliphatic rings. The van der Waals surface area contributed by atoms with Crippen LogP contribution in [0, 0.1) is 12.3 Å². The molecule has 0 fully saturated rings. The van der Waals surface area contributed by atoms with Gasteiger partial charge in [0, 0.05) is 11.4 Å². The zero-order chi connectivity index (χ0) is 8.10. The van der Waals surface area contributed by atoms with Gasteiger partial charge in [-0.25, -0.2) is 0 Å². The van der Waals surface area contributed by atoms with Gasteiger partial charge in [0.15, 0.2) is 0 Å². The van der Waals surface area contributed by atoms with E-state index in [2.05, 4.69) is 5.92 Å². The van der Waals surface area contributed by atoms with Crippen LogP contribution in [0.4, 0.5) is 0 Å². The van der Waals surface area contributed by atoms with Crippen LogP contribution in [0.5, 0.6) is 0 Å². The van der Waals surface area contributed by atoms with E-state index in [9.17, 15) is 0 Å². The Labute approximate surface area is 72.2 Å². The van der Waals surface area contributed by atoms with E-state index in [-0.39, 0.29) is 0 Å². The summed E-state index contributed by atoms with van der Waals surface area (Å²) in [5.74, 6) is 2.58. The maximum atomic E-state index is 5.89. The minimum Gasteiger partial charge on any atom is -0.120 e. The van der Waals surface area contributed by atoms with Crippen LogP contribution < -0.4 is 0 Å². The van der Waals surface area contributed by atoms with E-state index in [1.54, 1.807) is 0 Å². The molecule has 56 valence electrons. The first-order valence-corrected chi connectivity index (χ1v) is 3.89. The first kappa shape index (κ1) is 8.17. The van der Waals surface area contributed by atoms with Gasteiger partial charge >= 0.3 is 0 Å². The molecule has 0 saturated carbocycles. The number of hydrogen-bond donors (Lipinski definition) is 0. The van der Waals surface area contributed by atoms with E-state index in [1.165, 1.54) is 0 Å². The Hall–Kier alpha value is -0.930. The maximum absolute atomic E-state index is 5.89. The Morgan fingerprint density at radius 1 is 1.36 bits per heavy atom. The summed E-state index contributed by atoms with van der Waals surface area (Å²) in [5, 5.41) is 0.808. The predicted octanol–water partition coefficient (Wildman–Crippen LogP) is 2.91. The summed E-state index contributed by atoms with van der Waals surface area (Å²) >= 11 is 5.89. The first-order chi connectivity index (χ1) is 5.34. The molecule has 0 radical (unpaired) electrons. The van der Waals surface area contributed by atoms with Crippen molar-refractivity contribution in [3.63, 3.8) is 0 Å². The molecule has 0 nitrogen and oxygen atoms in total. The summed E-state index contributed by atoms with van der Waals surface area (Å²) in [6, 6.07) is 7.77. The van der Waals surface area contributed by atoms with Crippen LogP contribution in [0.3, 0.4) is 0 Å². The van der Waals surface area contributed by atoms with Crippen LogP contribution >= 0.6 is 11.6 Å². The summed E-state index contributed by atoms with van der Waals surface area (Å²) in [5.41, 5.74) is 1.13. The molecule has 1 rings (SSSR count). The first-order valence-electron chi connectivity index (χ1n) is 3.51. The highest BCUT2D eigenvalue weighted by Crippen LogP contribution is 2.15. The molecule has 0 amide bonds. The van der Waals surface area contributed by atoms with Crippen molar-refractivity contribution in [3.05, 3.63) is 34.9 Å². The van der Waals surface area contributed by atoms with Gasteiger partial charge in [-0.05, 0) is 18.1 Å². The minimum absolute atomic E-state index is 0.754. The maximum Gasteiger partial charge on any atom is 0.0438 e. The Balaban J connectivity index is 2.71. The third kappa shape index (κ3) is 2.29. The third-order valence-corrected chi connectivity index (χ3v) is 1.87. The average Bonchev–Trinajstić information content (AvgIpc) is 2.03. The lowest BCUT2D eigenvalue weighted by Gasteiger charge is -1.98. The van der Waals surface area contributed by atoms with Crippen molar-refractivity contribution >= 4 is 11.6 Å². The van der Waals surface area contributed by atoms with Gasteiger partial charge in [-0.2, -0.15) is 0 Å². The fraction of sp³-hybridized carbons (Fsp3) is 0.200. The lowest BCUT2D eigenvalue weighted by Crippen LogP contribution is -1.83. The summed E-state index contributed by atoms with van der Waals surface area (Å²) in [7, 11) is 0. The molecule has 0 aliphatic carbocycles. The van der Waals surface area contributed by atoms with Gasteiger partial charge in [-0.1, -0.05) is 29.8 Å². The summed E-state index contributed by atoms with van der Waals surface area (Å²) in [6.07, 6.45) is 6.76. The topological polar surface area (TPSA) is 0 Å². The Kier molecular flexibility index (Phi) is 3.01. The van der Waals surface area contributed by atoms with Crippen LogP contribution in [0.15, 0.2) is 24.3 Å². The smallest absolute Gasteiger partial charge is 0.0438 e. The van der Waals surface area contributed by atoms with Crippen molar-refractivity contribution < 1.29 is 0 Å². The molecule has 0 heterocycles. The summed E-state index contributed by atoms with van der Waals surface area (Å²) in [6.45, 7) is 0. The van der Waals surface area contributed by atoms with Gasteiger partial charge in [0.1, 0.15) is 0 Å². The molecule has 0 unspecified atom stereocenters. The van der Waals surface area contributed by atoms with Crippen LogP contribution in [0.2, 0.25) is 5.02 Å². The fourth-order valence-electron chi connectivity index (χ4n) is 0.908. The zero-order valence-corrected chi connectivity index (χ0v) is 6.93. The second-order valence-corrected chi connectivity index (χ2v) is 2.70. The molecule has 1 aromatic rings. The Bertz CT molecular complexity index is 270. The number of hydrogen-bond acceptors (Lipinski definition) is 0. The molecule has 0 atom stereocenters. The van der Waals surface area contributed by atoms with Crippen molar-refractivity contribution in [3.8, 4) is 12.3 Å². The van der Waals surface area contributed by atoms with Crippen molar-refractivity contribution in [1.29, 1.82) is 0 Å². The van der Waals surface area contributed by atoms with Crippen LogP contribution in [-0.2, 0) is 6.42 Å². The molecule has 0 saturated heterocycles. The Morgan fingerprint density at radius 2 is 2.09 bits per heavy atom. The minimum atomic E-state index is 0.754. The van der Waals surface area contributed by atoms with E-state index in [1.807, 2.05) is 24.3 Å². The normalized spacial score (nSPS) is 9.09. The Morgan fingerprint density at radius 3 is 2.73 bits per heavy atom. The number of rotatable bonds is 2. The quantitative estimate of drug-likeness (QED) is 0.590. The molecule has 0 spiro atoms. The van der Waals surface area contributed by atoms with Crippen molar-refractivity contribution in [1.82, 2.24) is 0 Å². The number of benzene rings is 1. The molecular weight excluding hydrogens is 156 g/mol. The molecule has 0 N–H and O–H groups in total. The number of terminal acetylenes is 1. The van der Waals surface area contributed by atoms with Crippen LogP contribution in [0.25, 0.3) is 0 Å². The lowest BCUT2D eigenvalue weighted by atomic mass is 10.1. The number of halogens is 1. The third-order valence-electron chi connectivity index (χ3n) is 1.50. The average molecular weight is 165 g/mol. The van der Waals surface area contributed by atoms with Gasteiger partial charge in [0.2, 0.25) is 0 Å². The van der Waals surface area contributed by atoms with E-state index >= 15 is 0 Å². The van der Waals surface area contributed by atoms with Gasteiger partial charge in [0.05, 0.1) is 0 Å². The summed E-state index contributed by atoms with van der Waals surface area (Å²) < 4.78 is 0. The molecule has 0 aromatic heterocycles. The largest absolute Gasteiger partial charge is 0.120 e. The lowest BCUT2D eigenvalue weighted by molar-refractivity contribution is 1.03. The SMILES string of the molecule is C#CCCc1ccccc1Cl. The molecule has 1 heteroatoms.